The fraction of sp³-hybridized carbons (Fsp3) is 0.500. The fourth-order valence-electron chi connectivity index (χ4n) is 3.97. The number of hydrogen-bond acceptors (Lipinski definition) is 4. The van der Waals surface area contributed by atoms with Crippen LogP contribution in [-0.4, -0.2) is 49.7 Å². The number of aryl methyl sites for hydroxylation is 1. The molecule has 2 fully saturated rings. The van der Waals surface area contributed by atoms with Crippen LogP contribution in [0.1, 0.15) is 43.6 Å². The molecule has 0 spiro atoms. The van der Waals surface area contributed by atoms with Gasteiger partial charge in [0.2, 0.25) is 15.9 Å². The monoisotopic (exact) mass is 434 g/mol. The van der Waals surface area contributed by atoms with Gasteiger partial charge in [0.05, 0.1) is 4.90 Å². The largest absolute Gasteiger partial charge is 0.466 e. The van der Waals surface area contributed by atoms with Gasteiger partial charge in [0.25, 0.3) is 0 Å². The fourth-order valence-corrected chi connectivity index (χ4v) is 5.44. The van der Waals surface area contributed by atoms with Crippen LogP contribution in [0.2, 0.25) is 0 Å². The van der Waals surface area contributed by atoms with Gasteiger partial charge in [0, 0.05) is 44.9 Å². The molecule has 6 nitrogen and oxygen atoms in total. The van der Waals surface area contributed by atoms with E-state index in [9.17, 15) is 17.6 Å². The first kappa shape index (κ1) is 21.1. The van der Waals surface area contributed by atoms with E-state index in [1.165, 1.54) is 16.4 Å². The highest BCUT2D eigenvalue weighted by molar-refractivity contribution is 7.89. The molecule has 30 heavy (non-hydrogen) atoms. The van der Waals surface area contributed by atoms with Gasteiger partial charge in [-0.05, 0) is 55.2 Å². The minimum atomic E-state index is -3.70. The van der Waals surface area contributed by atoms with Gasteiger partial charge in [0.1, 0.15) is 17.3 Å². The third-order valence-electron chi connectivity index (χ3n) is 6.00. The lowest BCUT2D eigenvalue weighted by Crippen LogP contribution is -2.37. The van der Waals surface area contributed by atoms with Crippen molar-refractivity contribution in [2.75, 3.05) is 26.2 Å². The number of rotatable bonds is 6. The van der Waals surface area contributed by atoms with E-state index < -0.39 is 15.8 Å². The molecule has 4 rings (SSSR count). The number of amides is 1. The van der Waals surface area contributed by atoms with Crippen molar-refractivity contribution in [3.05, 3.63) is 53.7 Å². The molecule has 8 heteroatoms. The van der Waals surface area contributed by atoms with E-state index in [4.69, 9.17) is 4.42 Å². The normalized spacial score (nSPS) is 22.7. The zero-order valence-electron chi connectivity index (χ0n) is 17.1. The van der Waals surface area contributed by atoms with Gasteiger partial charge in [-0.15, -0.1) is 0 Å². The van der Waals surface area contributed by atoms with E-state index in [1.807, 2.05) is 12.1 Å². The molecule has 1 aliphatic carbocycles. The lowest BCUT2D eigenvalue weighted by atomic mass is 10.2. The highest BCUT2D eigenvalue weighted by Crippen LogP contribution is 2.47. The van der Waals surface area contributed by atoms with Gasteiger partial charge in [-0.3, -0.25) is 4.79 Å². The maximum absolute atomic E-state index is 13.1. The van der Waals surface area contributed by atoms with Crippen molar-refractivity contribution < 1.29 is 22.0 Å². The van der Waals surface area contributed by atoms with E-state index in [2.05, 4.69) is 6.92 Å². The molecule has 1 aromatic heterocycles. The van der Waals surface area contributed by atoms with Gasteiger partial charge in [-0.2, -0.15) is 4.31 Å². The molecule has 1 saturated heterocycles. The Morgan fingerprint density at radius 1 is 1.10 bits per heavy atom. The van der Waals surface area contributed by atoms with Crippen molar-refractivity contribution in [1.82, 2.24) is 9.21 Å². The molecule has 2 aliphatic rings. The lowest BCUT2D eigenvalue weighted by molar-refractivity contribution is -0.131. The Morgan fingerprint density at radius 2 is 1.83 bits per heavy atom. The summed E-state index contributed by atoms with van der Waals surface area (Å²) < 4.78 is 46.0. The summed E-state index contributed by atoms with van der Waals surface area (Å²) in [5.74, 6) is 2.57. The second kappa shape index (κ2) is 8.51. The van der Waals surface area contributed by atoms with Gasteiger partial charge < -0.3 is 9.32 Å². The van der Waals surface area contributed by atoms with E-state index in [-0.39, 0.29) is 17.3 Å². The van der Waals surface area contributed by atoms with E-state index >= 15 is 0 Å². The Bertz CT molecular complexity index is 1000. The van der Waals surface area contributed by atoms with Crippen LogP contribution in [-0.2, 0) is 21.2 Å². The zero-order chi connectivity index (χ0) is 21.3. The molecule has 1 saturated carbocycles. The van der Waals surface area contributed by atoms with Crippen LogP contribution >= 0.6 is 0 Å². The molecule has 0 N–H and O–H groups in total. The smallest absolute Gasteiger partial charge is 0.243 e. The first-order valence-electron chi connectivity index (χ1n) is 10.5. The molecular formula is C22H27FN2O4S. The van der Waals surface area contributed by atoms with Crippen molar-refractivity contribution in [2.24, 2.45) is 5.92 Å². The highest BCUT2D eigenvalue weighted by atomic mass is 32.2. The van der Waals surface area contributed by atoms with Crippen LogP contribution < -0.4 is 0 Å². The molecule has 2 unspecified atom stereocenters. The zero-order valence-corrected chi connectivity index (χ0v) is 17.9. The number of carbonyl (C=O) groups excluding carboxylic acids is 1. The average molecular weight is 435 g/mol. The standard InChI is InChI=1S/C22H27FN2O4S/c1-16-15-20(16)21-9-5-18(29-21)6-10-22(26)24-11-2-12-25(14-13-24)30(27,28)19-7-3-17(23)4-8-19/h3-5,7-9,16,20H,2,6,10-15H2,1H3. The second-order valence-corrected chi connectivity index (χ2v) is 10.2. The van der Waals surface area contributed by atoms with Crippen molar-refractivity contribution >= 4 is 15.9 Å². The second-order valence-electron chi connectivity index (χ2n) is 8.22. The Hall–Kier alpha value is -2.19. The van der Waals surface area contributed by atoms with Crippen LogP contribution in [0.4, 0.5) is 4.39 Å². The summed E-state index contributed by atoms with van der Waals surface area (Å²) in [4.78, 5) is 14.5. The predicted octanol–water partition coefficient (Wildman–Crippen LogP) is 3.40. The van der Waals surface area contributed by atoms with Crippen LogP contribution in [0, 0.1) is 11.7 Å². The van der Waals surface area contributed by atoms with Gasteiger partial charge in [-0.1, -0.05) is 6.92 Å². The summed E-state index contributed by atoms with van der Waals surface area (Å²) in [5.41, 5.74) is 0. The van der Waals surface area contributed by atoms with Crippen LogP contribution in [0.25, 0.3) is 0 Å². The van der Waals surface area contributed by atoms with Crippen LogP contribution in [0.15, 0.2) is 45.7 Å². The minimum Gasteiger partial charge on any atom is -0.466 e. The number of benzene rings is 1. The van der Waals surface area contributed by atoms with Gasteiger partial charge >= 0.3 is 0 Å². The summed E-state index contributed by atoms with van der Waals surface area (Å²) in [5, 5.41) is 0. The number of carbonyl (C=O) groups is 1. The molecule has 2 aromatic rings. The van der Waals surface area contributed by atoms with E-state index in [0.29, 0.717) is 50.7 Å². The van der Waals surface area contributed by atoms with Crippen LogP contribution in [0.5, 0.6) is 0 Å². The summed E-state index contributed by atoms with van der Waals surface area (Å²) >= 11 is 0. The summed E-state index contributed by atoms with van der Waals surface area (Å²) in [6, 6.07) is 8.80. The summed E-state index contributed by atoms with van der Waals surface area (Å²) in [7, 11) is -3.70. The maximum Gasteiger partial charge on any atom is 0.243 e. The van der Waals surface area contributed by atoms with E-state index in [1.54, 1.807) is 4.90 Å². The SMILES string of the molecule is CC1CC1c1ccc(CCC(=O)N2CCCN(S(=O)(=O)c3ccc(F)cc3)CC2)o1. The lowest BCUT2D eigenvalue weighted by Gasteiger charge is -2.22. The molecule has 2 heterocycles. The van der Waals surface area contributed by atoms with Crippen molar-refractivity contribution in [3.8, 4) is 0 Å². The molecule has 0 radical (unpaired) electrons. The Morgan fingerprint density at radius 3 is 2.53 bits per heavy atom. The maximum atomic E-state index is 13.1. The molecule has 1 amide bonds. The third kappa shape index (κ3) is 4.59. The molecule has 1 aliphatic heterocycles. The number of nitrogens with zero attached hydrogens (tertiary/aromatic N) is 2. The molecule has 162 valence electrons. The highest BCUT2D eigenvalue weighted by Gasteiger charge is 2.36. The average Bonchev–Trinajstić information content (AvgIpc) is 3.36. The summed E-state index contributed by atoms with van der Waals surface area (Å²) in [6.07, 6.45) is 2.62. The molecule has 0 bridgehead atoms. The van der Waals surface area contributed by atoms with Crippen LogP contribution in [0.3, 0.4) is 0 Å². The Balaban J connectivity index is 1.31. The van der Waals surface area contributed by atoms with E-state index in [0.717, 1.165) is 30.1 Å². The van der Waals surface area contributed by atoms with Gasteiger partial charge in [-0.25, -0.2) is 12.8 Å². The molecule has 1 aromatic carbocycles. The summed E-state index contributed by atoms with van der Waals surface area (Å²) in [6.45, 7) is 3.65. The number of halogens is 1. The Kier molecular flexibility index (Phi) is 5.97. The first-order chi connectivity index (χ1) is 14.3. The van der Waals surface area contributed by atoms with Crippen molar-refractivity contribution in [2.45, 2.75) is 43.4 Å². The molecule has 2 atom stereocenters. The quantitative estimate of drug-likeness (QED) is 0.699. The molecular weight excluding hydrogens is 407 g/mol. The predicted molar refractivity (Wildman–Crippen MR) is 110 cm³/mol. The van der Waals surface area contributed by atoms with Gasteiger partial charge in [0.15, 0.2) is 0 Å². The van der Waals surface area contributed by atoms with Crippen molar-refractivity contribution in [3.63, 3.8) is 0 Å². The number of sulfonamides is 1. The number of hydrogen-bond donors (Lipinski definition) is 0. The Labute approximate surface area is 176 Å². The first-order valence-corrected chi connectivity index (χ1v) is 11.9. The number of furan rings is 1. The third-order valence-corrected chi connectivity index (χ3v) is 7.91. The van der Waals surface area contributed by atoms with Crippen molar-refractivity contribution in [1.29, 1.82) is 0 Å². The topological polar surface area (TPSA) is 70.8 Å². The minimum absolute atomic E-state index is 0.00812.